The van der Waals surface area contributed by atoms with Gasteiger partial charge in [0.1, 0.15) is 13.6 Å². The molecule has 0 aromatic heterocycles. The van der Waals surface area contributed by atoms with Crippen LogP contribution in [-0.2, 0) is 28.5 Å². The number of nitrogens with one attached hydrogen (secondary N) is 1. The third-order valence-corrected chi connectivity index (χ3v) is 3.04. The fourth-order valence-electron chi connectivity index (χ4n) is 1.73. The maximum atomic E-state index is 10.3. The summed E-state index contributed by atoms with van der Waals surface area (Å²) in [6.45, 7) is 3.84. The summed E-state index contributed by atoms with van der Waals surface area (Å²) in [6, 6.07) is 0. The predicted molar refractivity (Wildman–Crippen MR) is 89.4 cm³/mol. The van der Waals surface area contributed by atoms with Crippen LogP contribution in [-0.4, -0.2) is 75.3 Å². The molecule has 9 heteroatoms. The van der Waals surface area contributed by atoms with Gasteiger partial charge in [-0.1, -0.05) is 0 Å². The molecule has 0 unspecified atom stereocenters. The van der Waals surface area contributed by atoms with Gasteiger partial charge in [-0.3, -0.25) is 9.59 Å². The number of aliphatic carboxylic acids is 2. The quantitative estimate of drug-likeness (QED) is 0.215. The summed E-state index contributed by atoms with van der Waals surface area (Å²) in [4.78, 5) is 20.6. The van der Waals surface area contributed by atoms with Crippen molar-refractivity contribution in [2.75, 3.05) is 53.1 Å². The van der Waals surface area contributed by atoms with Gasteiger partial charge in [0.15, 0.2) is 0 Å². The van der Waals surface area contributed by atoms with Crippen LogP contribution in [0.25, 0.3) is 0 Å². The minimum Gasteiger partial charge on any atom is -0.481 e. The van der Waals surface area contributed by atoms with E-state index < -0.39 is 11.9 Å². The van der Waals surface area contributed by atoms with E-state index in [9.17, 15) is 9.59 Å². The highest BCUT2D eigenvalue weighted by Crippen LogP contribution is 1.96. The number of ether oxygens (including phenoxy) is 4. The molecule has 0 fully saturated rings. The first-order chi connectivity index (χ1) is 12.1. The molecular weight excluding hydrogens is 334 g/mol. The number of rotatable bonds is 20. The second kappa shape index (κ2) is 19.1. The molecule has 3 N–H and O–H groups in total. The van der Waals surface area contributed by atoms with Crippen LogP contribution in [0.15, 0.2) is 0 Å². The van der Waals surface area contributed by atoms with E-state index in [1.165, 1.54) is 0 Å². The average Bonchev–Trinajstić information content (AvgIpc) is 2.56. The zero-order valence-electron chi connectivity index (χ0n) is 14.7. The molecule has 0 aliphatic carbocycles. The van der Waals surface area contributed by atoms with E-state index in [-0.39, 0.29) is 26.4 Å². The zero-order valence-corrected chi connectivity index (χ0v) is 14.7. The fourth-order valence-corrected chi connectivity index (χ4v) is 1.73. The normalized spacial score (nSPS) is 10.9. The number of hydrogen-bond acceptors (Lipinski definition) is 7. The summed E-state index contributed by atoms with van der Waals surface area (Å²) in [5.41, 5.74) is 0. The molecule has 25 heavy (non-hydrogen) atoms. The van der Waals surface area contributed by atoms with Crippen LogP contribution in [0.5, 0.6) is 0 Å². The van der Waals surface area contributed by atoms with Crippen molar-refractivity contribution in [2.45, 2.75) is 38.5 Å². The van der Waals surface area contributed by atoms with E-state index >= 15 is 0 Å². The third-order valence-electron chi connectivity index (χ3n) is 3.04. The second-order valence-electron chi connectivity index (χ2n) is 5.32. The Labute approximate surface area is 148 Å². The standard InChI is InChI=1S/C16H31NO8/c18-15(19)5-1-3-9-22-13-24-11-7-17-8-12-25-14-23-10-4-2-6-16(20)21/h17H,1-14H2,(H,18,19)(H,20,21). The molecular formula is C16H31NO8. The van der Waals surface area contributed by atoms with Crippen molar-refractivity contribution in [3.8, 4) is 0 Å². The Morgan fingerprint density at radius 3 is 1.44 bits per heavy atom. The van der Waals surface area contributed by atoms with Crippen molar-refractivity contribution in [1.29, 1.82) is 0 Å². The summed E-state index contributed by atoms with van der Waals surface area (Å²) in [7, 11) is 0. The Hall–Kier alpha value is -1.26. The van der Waals surface area contributed by atoms with Gasteiger partial charge < -0.3 is 34.5 Å². The maximum Gasteiger partial charge on any atom is 0.303 e. The van der Waals surface area contributed by atoms with Gasteiger partial charge in [0, 0.05) is 39.1 Å². The first-order valence-corrected chi connectivity index (χ1v) is 8.58. The topological polar surface area (TPSA) is 124 Å². The molecule has 0 aromatic rings. The van der Waals surface area contributed by atoms with E-state index in [1.807, 2.05) is 0 Å². The number of carbonyl (C=O) groups is 2. The molecule has 0 aromatic carbocycles. The molecule has 0 rings (SSSR count). The van der Waals surface area contributed by atoms with Gasteiger partial charge in [-0.15, -0.1) is 0 Å². The van der Waals surface area contributed by atoms with E-state index in [2.05, 4.69) is 5.32 Å². The first kappa shape index (κ1) is 23.7. The average molecular weight is 365 g/mol. The smallest absolute Gasteiger partial charge is 0.303 e. The minimum atomic E-state index is -0.784. The lowest BCUT2D eigenvalue weighted by atomic mass is 10.2. The molecule has 0 bridgehead atoms. The first-order valence-electron chi connectivity index (χ1n) is 8.58. The maximum absolute atomic E-state index is 10.3. The molecule has 9 nitrogen and oxygen atoms in total. The second-order valence-corrected chi connectivity index (χ2v) is 5.32. The third kappa shape index (κ3) is 22.7. The Kier molecular flexibility index (Phi) is 18.1. The summed E-state index contributed by atoms with van der Waals surface area (Å²) < 4.78 is 20.9. The van der Waals surface area contributed by atoms with Crippen LogP contribution in [0.1, 0.15) is 38.5 Å². The van der Waals surface area contributed by atoms with Gasteiger partial charge in [0.2, 0.25) is 0 Å². The van der Waals surface area contributed by atoms with Crippen molar-refractivity contribution < 1.29 is 38.7 Å². The Bertz CT molecular complexity index is 297. The summed E-state index contributed by atoms with van der Waals surface area (Å²) in [5.74, 6) is -1.57. The Morgan fingerprint density at radius 2 is 1.04 bits per heavy atom. The summed E-state index contributed by atoms with van der Waals surface area (Å²) in [6.07, 6.45) is 3.00. The molecule has 0 heterocycles. The van der Waals surface area contributed by atoms with Gasteiger partial charge in [0.05, 0.1) is 13.2 Å². The van der Waals surface area contributed by atoms with Crippen molar-refractivity contribution in [1.82, 2.24) is 5.32 Å². The highest BCUT2D eigenvalue weighted by molar-refractivity contribution is 5.66. The lowest BCUT2D eigenvalue weighted by molar-refractivity contribution is -0.138. The molecule has 0 aliphatic rings. The van der Waals surface area contributed by atoms with Gasteiger partial charge in [-0.25, -0.2) is 0 Å². The van der Waals surface area contributed by atoms with E-state index in [4.69, 9.17) is 29.2 Å². The van der Waals surface area contributed by atoms with Crippen molar-refractivity contribution in [2.24, 2.45) is 0 Å². The monoisotopic (exact) mass is 365 g/mol. The number of hydrogen-bond donors (Lipinski definition) is 3. The zero-order chi connectivity index (χ0) is 18.6. The lowest BCUT2D eigenvalue weighted by Gasteiger charge is -2.08. The fraction of sp³-hybridized carbons (Fsp3) is 0.875. The highest BCUT2D eigenvalue weighted by Gasteiger charge is 1.97. The van der Waals surface area contributed by atoms with Gasteiger partial charge in [-0.05, 0) is 25.7 Å². The van der Waals surface area contributed by atoms with Crippen molar-refractivity contribution in [3.05, 3.63) is 0 Å². The van der Waals surface area contributed by atoms with Crippen LogP contribution in [0, 0.1) is 0 Å². The van der Waals surface area contributed by atoms with Crippen LogP contribution < -0.4 is 5.32 Å². The van der Waals surface area contributed by atoms with Crippen LogP contribution in [0.2, 0.25) is 0 Å². The van der Waals surface area contributed by atoms with Gasteiger partial charge in [0.25, 0.3) is 0 Å². The van der Waals surface area contributed by atoms with Crippen molar-refractivity contribution in [3.63, 3.8) is 0 Å². The van der Waals surface area contributed by atoms with Crippen LogP contribution >= 0.6 is 0 Å². The lowest BCUT2D eigenvalue weighted by Crippen LogP contribution is -2.24. The van der Waals surface area contributed by atoms with Gasteiger partial charge >= 0.3 is 11.9 Å². The summed E-state index contributed by atoms with van der Waals surface area (Å²) in [5, 5.41) is 20.1. The van der Waals surface area contributed by atoms with Crippen LogP contribution in [0.3, 0.4) is 0 Å². The molecule has 148 valence electrons. The summed E-state index contributed by atoms with van der Waals surface area (Å²) >= 11 is 0. The minimum absolute atomic E-state index is 0.173. The Balaban J connectivity index is 3.00. The molecule has 0 aliphatic heterocycles. The number of unbranched alkanes of at least 4 members (excludes halogenated alkanes) is 2. The van der Waals surface area contributed by atoms with Crippen molar-refractivity contribution >= 4 is 11.9 Å². The molecule has 0 saturated heterocycles. The van der Waals surface area contributed by atoms with E-state index in [0.29, 0.717) is 65.2 Å². The van der Waals surface area contributed by atoms with E-state index in [1.54, 1.807) is 0 Å². The molecule has 0 radical (unpaired) electrons. The number of carboxylic acids is 2. The molecule has 0 spiro atoms. The molecule has 0 atom stereocenters. The Morgan fingerprint density at radius 1 is 0.640 bits per heavy atom. The number of carboxylic acid groups (broad SMARTS) is 2. The highest BCUT2D eigenvalue weighted by atomic mass is 16.7. The molecule has 0 saturated carbocycles. The predicted octanol–water partition coefficient (Wildman–Crippen LogP) is 1.07. The van der Waals surface area contributed by atoms with E-state index in [0.717, 1.165) is 0 Å². The van der Waals surface area contributed by atoms with Gasteiger partial charge in [-0.2, -0.15) is 0 Å². The largest absolute Gasteiger partial charge is 0.481 e. The SMILES string of the molecule is O=C(O)CCCCOCOCCNCCOCOCCCCC(=O)O. The molecule has 0 amide bonds. The van der Waals surface area contributed by atoms with Crippen LogP contribution in [0.4, 0.5) is 0 Å².